The zero-order valence-electron chi connectivity index (χ0n) is 13.4. The number of ether oxygens (including phenoxy) is 1. The van der Waals surface area contributed by atoms with Crippen LogP contribution in [0.1, 0.15) is 17.8 Å². The molecule has 1 aliphatic rings. The predicted octanol–water partition coefficient (Wildman–Crippen LogP) is 3.24. The zero-order valence-corrected chi connectivity index (χ0v) is 14.1. The van der Waals surface area contributed by atoms with Crippen LogP contribution in [-0.4, -0.2) is 20.8 Å². The molecule has 0 aliphatic carbocycles. The van der Waals surface area contributed by atoms with Crippen molar-refractivity contribution >= 4 is 17.5 Å². The molecule has 1 aliphatic heterocycles. The van der Waals surface area contributed by atoms with Gasteiger partial charge in [0.05, 0.1) is 0 Å². The average Bonchev–Trinajstić information content (AvgIpc) is 3.03. The Hall–Kier alpha value is -2.70. The number of hydrogen-bond donors (Lipinski definition) is 1. The van der Waals surface area contributed by atoms with Gasteiger partial charge in [0, 0.05) is 24.9 Å². The van der Waals surface area contributed by atoms with Crippen LogP contribution >= 0.6 is 11.6 Å². The predicted molar refractivity (Wildman–Crippen MR) is 96.6 cm³/mol. The van der Waals surface area contributed by atoms with Crippen LogP contribution in [0.2, 0.25) is 5.28 Å². The highest BCUT2D eigenvalue weighted by Crippen LogP contribution is 2.32. The summed E-state index contributed by atoms with van der Waals surface area (Å²) in [5, 5.41) is 12.5. The third-order valence-electron chi connectivity index (χ3n) is 4.03. The summed E-state index contributed by atoms with van der Waals surface area (Å²) in [5.74, 6) is 2.04. The fraction of sp³-hybridized carbons (Fsp3) is 0.167. The number of fused-ring (bicyclic) bond motifs is 1. The number of aromatic nitrogens is 3. The SMILES string of the molecule is NCc1ccc(OC2=Nn3c(Cl)nnc3CC2)c(-c2ccccc2)c1. The second kappa shape index (κ2) is 6.66. The molecular weight excluding hydrogens is 338 g/mol. The molecule has 0 radical (unpaired) electrons. The van der Waals surface area contributed by atoms with Gasteiger partial charge in [-0.3, -0.25) is 0 Å². The third-order valence-corrected chi connectivity index (χ3v) is 4.27. The van der Waals surface area contributed by atoms with Gasteiger partial charge in [0.15, 0.2) is 5.82 Å². The smallest absolute Gasteiger partial charge is 0.246 e. The van der Waals surface area contributed by atoms with Crippen molar-refractivity contribution in [3.63, 3.8) is 0 Å². The van der Waals surface area contributed by atoms with E-state index >= 15 is 0 Å². The number of hydrogen-bond acceptors (Lipinski definition) is 5. The third kappa shape index (κ3) is 3.14. The van der Waals surface area contributed by atoms with E-state index in [0.29, 0.717) is 25.3 Å². The maximum Gasteiger partial charge on any atom is 0.246 e. The average molecular weight is 354 g/mol. The van der Waals surface area contributed by atoms with E-state index in [1.54, 1.807) is 0 Å². The molecule has 2 aromatic carbocycles. The van der Waals surface area contributed by atoms with Crippen LogP contribution in [0.4, 0.5) is 0 Å². The van der Waals surface area contributed by atoms with Gasteiger partial charge in [-0.15, -0.1) is 15.3 Å². The lowest BCUT2D eigenvalue weighted by Gasteiger charge is -2.17. The molecule has 0 bridgehead atoms. The Morgan fingerprint density at radius 1 is 1.08 bits per heavy atom. The summed E-state index contributed by atoms with van der Waals surface area (Å²) in [6, 6.07) is 16.0. The highest BCUT2D eigenvalue weighted by Gasteiger charge is 2.19. The summed E-state index contributed by atoms with van der Waals surface area (Å²) >= 11 is 6.01. The Labute approximate surface area is 149 Å². The molecule has 2 N–H and O–H groups in total. The summed E-state index contributed by atoms with van der Waals surface area (Å²) in [6.45, 7) is 0.473. The summed E-state index contributed by atoms with van der Waals surface area (Å²) in [4.78, 5) is 0. The van der Waals surface area contributed by atoms with Crippen molar-refractivity contribution in [2.24, 2.45) is 10.8 Å². The molecule has 3 aromatic rings. The van der Waals surface area contributed by atoms with Crippen molar-refractivity contribution in [2.75, 3.05) is 0 Å². The fourth-order valence-electron chi connectivity index (χ4n) is 2.76. The van der Waals surface area contributed by atoms with Crippen molar-refractivity contribution in [1.29, 1.82) is 0 Å². The summed E-state index contributed by atoms with van der Waals surface area (Å²) in [6.07, 6.45) is 1.32. The second-order valence-corrected chi connectivity index (χ2v) is 6.03. The molecule has 0 fully saturated rings. The Bertz CT molecular complexity index is 936. The van der Waals surface area contributed by atoms with E-state index in [0.717, 1.165) is 28.3 Å². The molecule has 0 amide bonds. The molecule has 25 heavy (non-hydrogen) atoms. The van der Waals surface area contributed by atoms with E-state index < -0.39 is 0 Å². The van der Waals surface area contributed by atoms with E-state index in [1.807, 2.05) is 48.5 Å². The van der Waals surface area contributed by atoms with Gasteiger partial charge >= 0.3 is 0 Å². The van der Waals surface area contributed by atoms with Crippen LogP contribution < -0.4 is 10.5 Å². The first-order valence-electron chi connectivity index (χ1n) is 7.98. The second-order valence-electron chi connectivity index (χ2n) is 5.69. The van der Waals surface area contributed by atoms with Crippen LogP contribution in [0, 0.1) is 0 Å². The first kappa shape index (κ1) is 15.8. The highest BCUT2D eigenvalue weighted by atomic mass is 35.5. The van der Waals surface area contributed by atoms with Gasteiger partial charge in [0.1, 0.15) is 5.75 Å². The first-order chi connectivity index (χ1) is 12.2. The molecule has 0 spiro atoms. The van der Waals surface area contributed by atoms with Crippen LogP contribution in [0.25, 0.3) is 11.1 Å². The minimum Gasteiger partial charge on any atom is -0.441 e. The lowest BCUT2D eigenvalue weighted by atomic mass is 10.0. The number of benzene rings is 2. The van der Waals surface area contributed by atoms with Gasteiger partial charge in [-0.25, -0.2) is 0 Å². The quantitative estimate of drug-likeness (QED) is 0.784. The summed E-state index contributed by atoms with van der Waals surface area (Å²) in [5.41, 5.74) is 8.88. The van der Waals surface area contributed by atoms with Gasteiger partial charge in [-0.1, -0.05) is 36.4 Å². The molecule has 6 nitrogen and oxygen atoms in total. The normalized spacial score (nSPS) is 13.3. The summed E-state index contributed by atoms with van der Waals surface area (Å²) in [7, 11) is 0. The Kier molecular flexibility index (Phi) is 4.21. The monoisotopic (exact) mass is 353 g/mol. The highest BCUT2D eigenvalue weighted by molar-refractivity contribution is 6.28. The van der Waals surface area contributed by atoms with E-state index in [4.69, 9.17) is 22.1 Å². The molecule has 0 atom stereocenters. The van der Waals surface area contributed by atoms with Gasteiger partial charge in [0.2, 0.25) is 11.2 Å². The number of rotatable bonds is 3. The van der Waals surface area contributed by atoms with Crippen molar-refractivity contribution in [2.45, 2.75) is 19.4 Å². The van der Waals surface area contributed by atoms with Crippen molar-refractivity contribution < 1.29 is 4.74 Å². The largest absolute Gasteiger partial charge is 0.441 e. The van der Waals surface area contributed by atoms with Crippen molar-refractivity contribution in [3.05, 3.63) is 65.2 Å². The van der Waals surface area contributed by atoms with Crippen LogP contribution in [0.5, 0.6) is 5.75 Å². The van der Waals surface area contributed by atoms with Gasteiger partial charge in [-0.2, -0.15) is 4.68 Å². The number of nitrogens with zero attached hydrogens (tertiary/aromatic N) is 4. The number of halogens is 1. The van der Waals surface area contributed by atoms with E-state index in [2.05, 4.69) is 15.3 Å². The fourth-order valence-corrected chi connectivity index (χ4v) is 2.93. The Balaban J connectivity index is 1.72. The number of aryl methyl sites for hydroxylation is 1. The topological polar surface area (TPSA) is 78.3 Å². The van der Waals surface area contributed by atoms with Crippen molar-refractivity contribution in [1.82, 2.24) is 14.9 Å². The van der Waals surface area contributed by atoms with E-state index in [9.17, 15) is 0 Å². The molecule has 0 saturated carbocycles. The maximum atomic E-state index is 6.10. The van der Waals surface area contributed by atoms with Gasteiger partial charge < -0.3 is 10.5 Å². The van der Waals surface area contributed by atoms with E-state index in [1.165, 1.54) is 4.68 Å². The Morgan fingerprint density at radius 2 is 1.92 bits per heavy atom. The minimum atomic E-state index is 0.234. The van der Waals surface area contributed by atoms with Gasteiger partial charge in [0.25, 0.3) is 0 Å². The molecule has 4 rings (SSSR count). The van der Waals surface area contributed by atoms with E-state index in [-0.39, 0.29) is 5.28 Å². The maximum absolute atomic E-state index is 6.10. The molecule has 0 saturated heterocycles. The molecule has 2 heterocycles. The standard InChI is InChI=1S/C18H16ClN5O/c19-18-22-21-16-8-9-17(23-24(16)18)25-15-7-6-12(11-20)10-14(15)13-4-2-1-3-5-13/h1-7,10H,8-9,11,20H2. The lowest BCUT2D eigenvalue weighted by Crippen LogP contribution is -2.19. The molecule has 126 valence electrons. The Morgan fingerprint density at radius 3 is 2.72 bits per heavy atom. The lowest BCUT2D eigenvalue weighted by molar-refractivity contribution is 0.506. The molecule has 1 aromatic heterocycles. The van der Waals surface area contributed by atoms with Gasteiger partial charge in [-0.05, 0) is 34.9 Å². The van der Waals surface area contributed by atoms with Crippen molar-refractivity contribution in [3.8, 4) is 16.9 Å². The number of nitrogens with two attached hydrogens (primary N) is 1. The van der Waals surface area contributed by atoms with Crippen LogP contribution in [-0.2, 0) is 13.0 Å². The van der Waals surface area contributed by atoms with Crippen LogP contribution in [0.15, 0.2) is 53.6 Å². The summed E-state index contributed by atoms with van der Waals surface area (Å²) < 4.78 is 7.61. The molecular formula is C18H16ClN5O. The van der Waals surface area contributed by atoms with Crippen LogP contribution in [0.3, 0.4) is 0 Å². The first-order valence-corrected chi connectivity index (χ1v) is 8.36. The molecule has 0 unspecified atom stereocenters. The minimum absolute atomic E-state index is 0.234. The molecule has 7 heteroatoms. The zero-order chi connectivity index (χ0) is 17.2.